The maximum absolute atomic E-state index is 13.0. The van der Waals surface area contributed by atoms with Crippen molar-refractivity contribution in [3.05, 3.63) is 53.1 Å². The molecule has 2 amide bonds. The summed E-state index contributed by atoms with van der Waals surface area (Å²) < 4.78 is 14.7. The average Bonchev–Trinajstić information content (AvgIpc) is 2.97. The zero-order valence-corrected chi connectivity index (χ0v) is 15.5. The van der Waals surface area contributed by atoms with Gasteiger partial charge in [0.05, 0.1) is 5.69 Å². The molecule has 0 fully saturated rings. The third kappa shape index (κ3) is 4.91. The number of hydrogen-bond donors (Lipinski definition) is 2. The first-order chi connectivity index (χ1) is 12.3. The van der Waals surface area contributed by atoms with E-state index in [1.54, 1.807) is 4.68 Å². The van der Waals surface area contributed by atoms with Crippen molar-refractivity contribution >= 4 is 11.8 Å². The molecule has 1 heterocycles. The molecule has 0 aliphatic rings. The van der Waals surface area contributed by atoms with Gasteiger partial charge in [0.25, 0.3) is 5.91 Å². The van der Waals surface area contributed by atoms with Crippen LogP contribution in [0.1, 0.15) is 42.4 Å². The summed E-state index contributed by atoms with van der Waals surface area (Å²) in [7, 11) is 1.84. The van der Waals surface area contributed by atoms with Gasteiger partial charge in [-0.1, -0.05) is 20.8 Å². The van der Waals surface area contributed by atoms with Crippen LogP contribution in [-0.2, 0) is 24.8 Å². The summed E-state index contributed by atoms with van der Waals surface area (Å²) >= 11 is 0. The molecule has 2 rings (SSSR count). The van der Waals surface area contributed by atoms with Crippen LogP contribution >= 0.6 is 0 Å². The van der Waals surface area contributed by atoms with Crippen LogP contribution in [0, 0.1) is 11.7 Å². The van der Waals surface area contributed by atoms with Crippen LogP contribution in [0.25, 0.3) is 0 Å². The summed E-state index contributed by atoms with van der Waals surface area (Å²) in [5, 5.41) is 9.94. The van der Waals surface area contributed by atoms with Crippen molar-refractivity contribution in [3.63, 3.8) is 0 Å². The Morgan fingerprint density at radius 1 is 1.23 bits per heavy atom. The van der Waals surface area contributed by atoms with Crippen LogP contribution < -0.4 is 10.6 Å². The third-order valence-electron chi connectivity index (χ3n) is 4.12. The first kappa shape index (κ1) is 19.6. The molecule has 7 heteroatoms. The van der Waals surface area contributed by atoms with Gasteiger partial charge < -0.3 is 10.6 Å². The minimum absolute atomic E-state index is 0.0982. The normalized spacial score (nSPS) is 12.1. The van der Waals surface area contributed by atoms with E-state index in [1.807, 2.05) is 34.0 Å². The van der Waals surface area contributed by atoms with Crippen molar-refractivity contribution in [2.24, 2.45) is 13.0 Å². The quantitative estimate of drug-likeness (QED) is 0.795. The van der Waals surface area contributed by atoms with E-state index < -0.39 is 17.8 Å². The number of aromatic nitrogens is 2. The van der Waals surface area contributed by atoms with E-state index in [0.717, 1.165) is 17.7 Å². The molecular weight excluding hydrogens is 335 g/mol. The fourth-order valence-corrected chi connectivity index (χ4v) is 2.68. The summed E-state index contributed by atoms with van der Waals surface area (Å²) in [5.74, 6) is -1.18. The van der Waals surface area contributed by atoms with Crippen molar-refractivity contribution in [1.82, 2.24) is 20.4 Å². The second-order valence-electron chi connectivity index (χ2n) is 6.55. The fourth-order valence-electron chi connectivity index (χ4n) is 2.68. The smallest absolute Gasteiger partial charge is 0.251 e. The van der Waals surface area contributed by atoms with Crippen molar-refractivity contribution < 1.29 is 14.0 Å². The maximum Gasteiger partial charge on any atom is 0.251 e. The Kier molecular flexibility index (Phi) is 6.49. The van der Waals surface area contributed by atoms with Gasteiger partial charge in [0.15, 0.2) is 0 Å². The largest absolute Gasteiger partial charge is 0.350 e. The molecule has 0 spiro atoms. The lowest BCUT2D eigenvalue weighted by atomic mass is 10.0. The molecule has 0 saturated carbocycles. The fraction of sp³-hybridized carbons (Fsp3) is 0.421. The molecule has 0 saturated heterocycles. The molecular formula is C19H25FN4O2. The molecule has 26 heavy (non-hydrogen) atoms. The van der Waals surface area contributed by atoms with Crippen molar-refractivity contribution in [1.29, 1.82) is 0 Å². The average molecular weight is 360 g/mol. The number of halogens is 1. The predicted molar refractivity (Wildman–Crippen MR) is 96.9 cm³/mol. The summed E-state index contributed by atoms with van der Waals surface area (Å²) in [5.41, 5.74) is 2.20. The molecule has 0 radical (unpaired) electrons. The van der Waals surface area contributed by atoms with Crippen LogP contribution in [0.3, 0.4) is 0 Å². The predicted octanol–water partition coefficient (Wildman–Crippen LogP) is 2.19. The Morgan fingerprint density at radius 2 is 1.88 bits per heavy atom. The third-order valence-corrected chi connectivity index (χ3v) is 4.12. The van der Waals surface area contributed by atoms with Gasteiger partial charge in [0, 0.05) is 30.9 Å². The molecule has 6 nitrogen and oxygen atoms in total. The number of nitrogens with one attached hydrogen (secondary N) is 2. The summed E-state index contributed by atoms with van der Waals surface area (Å²) in [6.45, 7) is 6.08. The molecule has 0 bridgehead atoms. The Bertz CT molecular complexity index is 768. The Morgan fingerprint density at radius 3 is 2.46 bits per heavy atom. The van der Waals surface area contributed by atoms with Gasteiger partial charge in [0.1, 0.15) is 11.9 Å². The van der Waals surface area contributed by atoms with Gasteiger partial charge >= 0.3 is 0 Å². The molecule has 0 aliphatic carbocycles. The van der Waals surface area contributed by atoms with Crippen molar-refractivity contribution in [3.8, 4) is 0 Å². The molecule has 1 aromatic heterocycles. The second-order valence-corrected chi connectivity index (χ2v) is 6.55. The first-order valence-electron chi connectivity index (χ1n) is 8.67. The minimum atomic E-state index is -0.686. The highest BCUT2D eigenvalue weighted by Crippen LogP contribution is 2.09. The topological polar surface area (TPSA) is 76.0 Å². The lowest BCUT2D eigenvalue weighted by molar-refractivity contribution is -0.124. The molecule has 0 aliphatic heterocycles. The van der Waals surface area contributed by atoms with Gasteiger partial charge in [-0.2, -0.15) is 5.10 Å². The maximum atomic E-state index is 13.0. The SMILES string of the molecule is CCc1nn(C)cc1CNC(=O)[C@@H](NC(=O)c1ccc(F)cc1)C(C)C. The molecule has 140 valence electrons. The van der Waals surface area contributed by atoms with Crippen LogP contribution in [0.5, 0.6) is 0 Å². The number of amides is 2. The first-order valence-corrected chi connectivity index (χ1v) is 8.67. The van der Waals surface area contributed by atoms with E-state index in [9.17, 15) is 14.0 Å². The standard InChI is InChI=1S/C19H25FN4O2/c1-5-16-14(11-24(4)23-16)10-21-19(26)17(12(2)3)22-18(25)13-6-8-15(20)9-7-13/h6-9,11-12,17H,5,10H2,1-4H3,(H,21,26)(H,22,25)/t17-/m0/s1. The van der Waals surface area contributed by atoms with Crippen LogP contribution in [0.15, 0.2) is 30.5 Å². The highest BCUT2D eigenvalue weighted by Gasteiger charge is 2.24. The van der Waals surface area contributed by atoms with E-state index >= 15 is 0 Å². The Labute approximate surface area is 152 Å². The zero-order chi connectivity index (χ0) is 19.3. The Balaban J connectivity index is 2.02. The van der Waals surface area contributed by atoms with E-state index in [1.165, 1.54) is 24.3 Å². The van der Waals surface area contributed by atoms with E-state index in [0.29, 0.717) is 12.1 Å². The number of carbonyl (C=O) groups excluding carboxylic acids is 2. The summed E-state index contributed by atoms with van der Waals surface area (Å²) in [4.78, 5) is 24.9. The van der Waals surface area contributed by atoms with Crippen molar-refractivity contribution in [2.75, 3.05) is 0 Å². The van der Waals surface area contributed by atoms with Gasteiger partial charge in [-0.05, 0) is 36.6 Å². The highest BCUT2D eigenvalue weighted by molar-refractivity contribution is 5.97. The molecule has 0 unspecified atom stereocenters. The Hall–Kier alpha value is -2.70. The van der Waals surface area contributed by atoms with Gasteiger partial charge in [0.2, 0.25) is 5.91 Å². The van der Waals surface area contributed by atoms with Crippen molar-refractivity contribution in [2.45, 2.75) is 39.8 Å². The molecule has 1 aromatic carbocycles. The van der Waals surface area contributed by atoms with Gasteiger partial charge in [-0.3, -0.25) is 14.3 Å². The number of carbonyl (C=O) groups is 2. The van der Waals surface area contributed by atoms with E-state index in [4.69, 9.17) is 0 Å². The second kappa shape index (κ2) is 8.60. The monoisotopic (exact) mass is 360 g/mol. The molecule has 2 N–H and O–H groups in total. The number of rotatable bonds is 7. The van der Waals surface area contributed by atoms with E-state index in [-0.39, 0.29) is 11.8 Å². The minimum Gasteiger partial charge on any atom is -0.350 e. The number of aryl methyl sites for hydroxylation is 2. The number of hydrogen-bond acceptors (Lipinski definition) is 3. The highest BCUT2D eigenvalue weighted by atomic mass is 19.1. The zero-order valence-electron chi connectivity index (χ0n) is 15.5. The number of nitrogens with zero attached hydrogens (tertiary/aromatic N) is 2. The summed E-state index contributed by atoms with van der Waals surface area (Å²) in [6, 6.07) is 4.53. The molecule has 2 aromatic rings. The summed E-state index contributed by atoms with van der Waals surface area (Å²) in [6.07, 6.45) is 2.65. The van der Waals surface area contributed by atoms with E-state index in [2.05, 4.69) is 15.7 Å². The van der Waals surface area contributed by atoms with Crippen LogP contribution in [-0.4, -0.2) is 27.6 Å². The van der Waals surface area contributed by atoms with Gasteiger partial charge in [-0.25, -0.2) is 4.39 Å². The van der Waals surface area contributed by atoms with Gasteiger partial charge in [-0.15, -0.1) is 0 Å². The lowest BCUT2D eigenvalue weighted by Gasteiger charge is -2.21. The van der Waals surface area contributed by atoms with Crippen LogP contribution in [0.4, 0.5) is 4.39 Å². The van der Waals surface area contributed by atoms with Crippen LogP contribution in [0.2, 0.25) is 0 Å². The lowest BCUT2D eigenvalue weighted by Crippen LogP contribution is -2.49. The number of benzene rings is 1. The molecule has 1 atom stereocenters.